The average molecular weight is 361 g/mol. The highest BCUT2D eigenvalue weighted by molar-refractivity contribution is 6.04. The molecular weight excluding hydrogens is 342 g/mol. The second-order valence-electron chi connectivity index (χ2n) is 6.23. The molecule has 2 aromatic carbocycles. The summed E-state index contributed by atoms with van der Waals surface area (Å²) in [7, 11) is 0. The lowest BCUT2D eigenvalue weighted by Crippen LogP contribution is -2.13. The zero-order valence-electron chi connectivity index (χ0n) is 14.8. The Kier molecular flexibility index (Phi) is 4.61. The van der Waals surface area contributed by atoms with E-state index in [1.807, 2.05) is 30.3 Å². The summed E-state index contributed by atoms with van der Waals surface area (Å²) in [5, 5.41) is 6.19. The molecule has 6 heteroatoms. The van der Waals surface area contributed by atoms with Gasteiger partial charge in [0.25, 0.3) is 5.91 Å². The van der Waals surface area contributed by atoms with Crippen molar-refractivity contribution in [2.24, 2.45) is 0 Å². The van der Waals surface area contributed by atoms with Gasteiger partial charge in [0.1, 0.15) is 5.82 Å². The Balaban J connectivity index is 1.46. The number of hydrogen-bond acceptors (Lipinski definition) is 5. The quantitative estimate of drug-likeness (QED) is 0.711. The molecule has 1 atom stereocenters. The van der Waals surface area contributed by atoms with Gasteiger partial charge in [-0.25, -0.2) is 4.98 Å². The van der Waals surface area contributed by atoms with Crippen molar-refractivity contribution >= 4 is 17.4 Å². The summed E-state index contributed by atoms with van der Waals surface area (Å²) in [6.07, 6.45) is 1.62. The third-order valence-electron chi connectivity index (χ3n) is 4.32. The van der Waals surface area contributed by atoms with Crippen LogP contribution in [0.4, 0.5) is 11.5 Å². The van der Waals surface area contributed by atoms with Gasteiger partial charge in [0.05, 0.1) is 0 Å². The number of ether oxygens (including phenoxy) is 2. The van der Waals surface area contributed by atoms with Crippen molar-refractivity contribution in [3.8, 4) is 11.5 Å². The fraction of sp³-hybridized carbons (Fsp3) is 0.143. The number of hydrogen-bond donors (Lipinski definition) is 2. The molecule has 27 heavy (non-hydrogen) atoms. The van der Waals surface area contributed by atoms with Crippen LogP contribution >= 0.6 is 0 Å². The highest BCUT2D eigenvalue weighted by atomic mass is 16.7. The lowest BCUT2D eigenvalue weighted by molar-refractivity contribution is 0.102. The van der Waals surface area contributed by atoms with Gasteiger partial charge in [0, 0.05) is 29.6 Å². The fourth-order valence-electron chi connectivity index (χ4n) is 2.88. The van der Waals surface area contributed by atoms with Crippen LogP contribution in [0.3, 0.4) is 0 Å². The number of carbonyl (C=O) groups is 1. The zero-order valence-corrected chi connectivity index (χ0v) is 14.8. The molecule has 0 radical (unpaired) electrons. The van der Waals surface area contributed by atoms with Crippen LogP contribution < -0.4 is 20.1 Å². The van der Waals surface area contributed by atoms with Crippen molar-refractivity contribution in [2.45, 2.75) is 13.0 Å². The van der Waals surface area contributed by atoms with Crippen LogP contribution in [-0.4, -0.2) is 17.7 Å². The van der Waals surface area contributed by atoms with E-state index in [1.165, 1.54) is 0 Å². The summed E-state index contributed by atoms with van der Waals surface area (Å²) in [5.74, 6) is 1.73. The summed E-state index contributed by atoms with van der Waals surface area (Å²) in [4.78, 5) is 16.9. The van der Waals surface area contributed by atoms with Crippen molar-refractivity contribution in [1.29, 1.82) is 0 Å². The molecule has 0 fully saturated rings. The van der Waals surface area contributed by atoms with Crippen molar-refractivity contribution in [3.63, 3.8) is 0 Å². The maximum absolute atomic E-state index is 12.6. The van der Waals surface area contributed by atoms with Crippen LogP contribution in [0.25, 0.3) is 0 Å². The van der Waals surface area contributed by atoms with E-state index in [1.54, 1.807) is 36.5 Å². The second kappa shape index (κ2) is 7.37. The van der Waals surface area contributed by atoms with E-state index in [0.717, 1.165) is 5.56 Å². The molecule has 1 amide bonds. The van der Waals surface area contributed by atoms with Gasteiger partial charge in [-0.15, -0.1) is 0 Å². The van der Waals surface area contributed by atoms with Gasteiger partial charge in [-0.2, -0.15) is 0 Å². The Bertz CT molecular complexity index is 960. The summed E-state index contributed by atoms with van der Waals surface area (Å²) in [6, 6.07) is 18.9. The molecular formula is C21H19N3O3. The number of anilines is 2. The van der Waals surface area contributed by atoms with Gasteiger partial charge in [-0.3, -0.25) is 4.79 Å². The fourth-order valence-corrected chi connectivity index (χ4v) is 2.88. The van der Waals surface area contributed by atoms with Crippen molar-refractivity contribution in [3.05, 3.63) is 78.0 Å². The minimum absolute atomic E-state index is 0.0749. The molecule has 0 aliphatic carbocycles. The van der Waals surface area contributed by atoms with Gasteiger partial charge >= 0.3 is 0 Å². The van der Waals surface area contributed by atoms with Gasteiger partial charge in [-0.05, 0) is 36.8 Å². The highest BCUT2D eigenvalue weighted by Gasteiger charge is 2.15. The Hall–Kier alpha value is -3.54. The topological polar surface area (TPSA) is 72.5 Å². The molecule has 2 N–H and O–H groups in total. The minimum Gasteiger partial charge on any atom is -0.454 e. The normalized spacial score (nSPS) is 13.1. The maximum Gasteiger partial charge on any atom is 0.255 e. The molecule has 6 nitrogen and oxygen atoms in total. The van der Waals surface area contributed by atoms with Crippen LogP contribution in [0.2, 0.25) is 0 Å². The lowest BCUT2D eigenvalue weighted by Gasteiger charge is -2.15. The van der Waals surface area contributed by atoms with Crippen molar-refractivity contribution < 1.29 is 14.3 Å². The third kappa shape index (κ3) is 3.84. The van der Waals surface area contributed by atoms with Crippen LogP contribution in [0, 0.1) is 0 Å². The van der Waals surface area contributed by atoms with E-state index in [-0.39, 0.29) is 18.7 Å². The molecule has 4 rings (SSSR count). The molecule has 0 spiro atoms. The molecule has 0 bridgehead atoms. The Morgan fingerprint density at radius 1 is 1.04 bits per heavy atom. The van der Waals surface area contributed by atoms with E-state index in [9.17, 15) is 4.79 Å². The number of nitrogens with zero attached hydrogens (tertiary/aromatic N) is 1. The SMILES string of the molecule is CC(Nc1cc(C(=O)Nc2ccc3c(c2)OCO3)ccn1)c1ccccc1. The molecule has 1 aliphatic heterocycles. The molecule has 1 unspecified atom stereocenters. The standard InChI is InChI=1S/C21H19N3O3/c1-14(15-5-3-2-4-6-15)23-20-11-16(9-10-22-20)21(25)24-17-7-8-18-19(12-17)27-13-26-18/h2-12,14H,13H2,1H3,(H,22,23)(H,24,25). The number of benzene rings is 2. The van der Waals surface area contributed by atoms with E-state index < -0.39 is 0 Å². The predicted molar refractivity (Wildman–Crippen MR) is 103 cm³/mol. The Labute approximate surface area is 157 Å². The third-order valence-corrected chi connectivity index (χ3v) is 4.32. The van der Waals surface area contributed by atoms with Crippen LogP contribution in [0.15, 0.2) is 66.9 Å². The number of rotatable bonds is 5. The maximum atomic E-state index is 12.6. The van der Waals surface area contributed by atoms with E-state index >= 15 is 0 Å². The molecule has 1 aromatic heterocycles. The van der Waals surface area contributed by atoms with E-state index in [0.29, 0.717) is 28.6 Å². The smallest absolute Gasteiger partial charge is 0.255 e. The number of amides is 1. The van der Waals surface area contributed by atoms with Gasteiger partial charge in [-0.1, -0.05) is 30.3 Å². The summed E-state index contributed by atoms with van der Waals surface area (Å²) in [6.45, 7) is 2.25. The monoisotopic (exact) mass is 361 g/mol. The number of pyridine rings is 1. The number of nitrogens with one attached hydrogen (secondary N) is 2. The second-order valence-corrected chi connectivity index (χ2v) is 6.23. The molecule has 0 saturated heterocycles. The van der Waals surface area contributed by atoms with E-state index in [2.05, 4.69) is 22.5 Å². The summed E-state index contributed by atoms with van der Waals surface area (Å²) in [5.41, 5.74) is 2.31. The molecule has 1 aliphatic rings. The van der Waals surface area contributed by atoms with Crippen LogP contribution in [0.1, 0.15) is 28.9 Å². The number of fused-ring (bicyclic) bond motifs is 1. The van der Waals surface area contributed by atoms with Crippen LogP contribution in [-0.2, 0) is 0 Å². The van der Waals surface area contributed by atoms with Crippen LogP contribution in [0.5, 0.6) is 11.5 Å². The van der Waals surface area contributed by atoms with Gasteiger partial charge in [0.15, 0.2) is 11.5 Å². The first-order valence-electron chi connectivity index (χ1n) is 8.67. The highest BCUT2D eigenvalue weighted by Crippen LogP contribution is 2.34. The molecule has 2 heterocycles. The molecule has 136 valence electrons. The first-order valence-corrected chi connectivity index (χ1v) is 8.67. The van der Waals surface area contributed by atoms with E-state index in [4.69, 9.17) is 9.47 Å². The Morgan fingerprint density at radius 3 is 2.70 bits per heavy atom. The lowest BCUT2D eigenvalue weighted by atomic mass is 10.1. The first-order chi connectivity index (χ1) is 13.2. The zero-order chi connectivity index (χ0) is 18.6. The number of aromatic nitrogens is 1. The van der Waals surface area contributed by atoms with Gasteiger partial charge < -0.3 is 20.1 Å². The minimum atomic E-state index is -0.216. The van der Waals surface area contributed by atoms with Gasteiger partial charge in [0.2, 0.25) is 6.79 Å². The molecule has 0 saturated carbocycles. The number of carbonyl (C=O) groups excluding carboxylic acids is 1. The van der Waals surface area contributed by atoms with Crippen molar-refractivity contribution in [2.75, 3.05) is 17.4 Å². The largest absolute Gasteiger partial charge is 0.454 e. The first kappa shape index (κ1) is 16.9. The van der Waals surface area contributed by atoms with Crippen molar-refractivity contribution in [1.82, 2.24) is 4.98 Å². The molecule has 3 aromatic rings. The Morgan fingerprint density at radius 2 is 1.85 bits per heavy atom. The average Bonchev–Trinajstić information content (AvgIpc) is 3.16. The predicted octanol–water partition coefficient (Wildman–Crippen LogP) is 4.24. The summed E-state index contributed by atoms with van der Waals surface area (Å²) < 4.78 is 10.6. The summed E-state index contributed by atoms with van der Waals surface area (Å²) >= 11 is 0.